The molecule has 2 aromatic rings. The number of halogens is 4. The maximum Gasteiger partial charge on any atom is 0.416 e. The molecule has 1 aliphatic carbocycles. The van der Waals surface area contributed by atoms with Crippen LogP contribution in [-0.2, 0) is 16.0 Å². The van der Waals surface area contributed by atoms with E-state index in [1.165, 1.54) is 42.6 Å². The standard InChI is InChI=1S/C18H13F4NO2S/c1-26(24,25)14-6-7-17(23-10-14)16-9-13(19)8-15(16)11-2-4-12(5-3-11)18(20,21)22/h2-10,13H,1H3. The number of allylic oxidation sites excluding steroid dienone is 4. The summed E-state index contributed by atoms with van der Waals surface area (Å²) in [5, 5.41) is 0. The van der Waals surface area contributed by atoms with E-state index in [1.807, 2.05) is 0 Å². The van der Waals surface area contributed by atoms with Crippen LogP contribution in [0.5, 0.6) is 0 Å². The minimum absolute atomic E-state index is 0.0247. The summed E-state index contributed by atoms with van der Waals surface area (Å²) < 4.78 is 74.9. The highest BCUT2D eigenvalue weighted by atomic mass is 32.2. The summed E-state index contributed by atoms with van der Waals surface area (Å²) in [5.74, 6) is 0. The number of alkyl halides is 4. The van der Waals surface area contributed by atoms with E-state index in [4.69, 9.17) is 0 Å². The van der Waals surface area contributed by atoms with Gasteiger partial charge in [-0.15, -0.1) is 0 Å². The molecule has 1 heterocycles. The molecule has 0 radical (unpaired) electrons. The van der Waals surface area contributed by atoms with Crippen molar-refractivity contribution < 1.29 is 26.0 Å². The van der Waals surface area contributed by atoms with Crippen molar-refractivity contribution in [1.82, 2.24) is 4.98 Å². The van der Waals surface area contributed by atoms with Gasteiger partial charge in [0.1, 0.15) is 6.17 Å². The molecule has 1 unspecified atom stereocenters. The molecule has 136 valence electrons. The van der Waals surface area contributed by atoms with E-state index in [0.29, 0.717) is 22.4 Å². The Bertz CT molecular complexity index is 989. The molecule has 3 nitrogen and oxygen atoms in total. The molecule has 8 heteroatoms. The number of sulfone groups is 1. The van der Waals surface area contributed by atoms with E-state index in [9.17, 15) is 26.0 Å². The zero-order valence-corrected chi connectivity index (χ0v) is 14.3. The molecule has 1 aromatic heterocycles. The van der Waals surface area contributed by atoms with Crippen LogP contribution in [0.4, 0.5) is 17.6 Å². The molecule has 1 aromatic carbocycles. The van der Waals surface area contributed by atoms with Crippen molar-refractivity contribution in [2.24, 2.45) is 0 Å². The van der Waals surface area contributed by atoms with Crippen LogP contribution in [0.2, 0.25) is 0 Å². The molecule has 0 amide bonds. The van der Waals surface area contributed by atoms with E-state index < -0.39 is 27.7 Å². The molecule has 0 saturated heterocycles. The molecule has 0 spiro atoms. The largest absolute Gasteiger partial charge is 0.416 e. The minimum atomic E-state index is -4.45. The Morgan fingerprint density at radius 2 is 1.58 bits per heavy atom. The van der Waals surface area contributed by atoms with E-state index >= 15 is 0 Å². The molecule has 26 heavy (non-hydrogen) atoms. The number of rotatable bonds is 3. The Morgan fingerprint density at radius 1 is 0.962 bits per heavy atom. The lowest BCUT2D eigenvalue weighted by atomic mass is 9.97. The molecule has 0 fully saturated rings. The molecule has 3 rings (SSSR count). The van der Waals surface area contributed by atoms with Gasteiger partial charge in [0.05, 0.1) is 16.2 Å². The van der Waals surface area contributed by atoms with Crippen molar-refractivity contribution in [2.75, 3.05) is 6.26 Å². The summed E-state index contributed by atoms with van der Waals surface area (Å²) >= 11 is 0. The number of aromatic nitrogens is 1. The van der Waals surface area contributed by atoms with Crippen molar-refractivity contribution in [3.8, 4) is 0 Å². The Labute approximate surface area is 147 Å². The third kappa shape index (κ3) is 3.70. The molecular weight excluding hydrogens is 370 g/mol. The van der Waals surface area contributed by atoms with Crippen LogP contribution in [-0.4, -0.2) is 25.8 Å². The molecule has 0 aliphatic heterocycles. The Balaban J connectivity index is 1.96. The predicted octanol–water partition coefficient (Wildman–Crippen LogP) is 4.32. The van der Waals surface area contributed by atoms with Gasteiger partial charge < -0.3 is 0 Å². The van der Waals surface area contributed by atoms with E-state index in [2.05, 4.69) is 4.98 Å². The number of hydrogen-bond donors (Lipinski definition) is 0. The zero-order chi connectivity index (χ0) is 19.1. The van der Waals surface area contributed by atoms with E-state index in [1.54, 1.807) is 0 Å². The fourth-order valence-electron chi connectivity index (χ4n) is 2.62. The Hall–Kier alpha value is -2.48. The molecule has 0 N–H and O–H groups in total. The lowest BCUT2D eigenvalue weighted by Gasteiger charge is -2.11. The summed E-state index contributed by atoms with van der Waals surface area (Å²) in [6.07, 6.45) is -1.07. The van der Waals surface area contributed by atoms with Crippen molar-refractivity contribution in [2.45, 2.75) is 17.2 Å². The van der Waals surface area contributed by atoms with Gasteiger partial charge in [0.15, 0.2) is 9.84 Å². The van der Waals surface area contributed by atoms with Gasteiger partial charge in [-0.1, -0.05) is 12.1 Å². The predicted molar refractivity (Wildman–Crippen MR) is 89.6 cm³/mol. The van der Waals surface area contributed by atoms with Crippen molar-refractivity contribution in [1.29, 1.82) is 0 Å². The second kappa shape index (κ2) is 6.35. The van der Waals surface area contributed by atoms with Crippen molar-refractivity contribution >= 4 is 21.0 Å². The average molecular weight is 383 g/mol. The highest BCUT2D eigenvalue weighted by molar-refractivity contribution is 7.90. The summed E-state index contributed by atoms with van der Waals surface area (Å²) in [4.78, 5) is 4.08. The number of nitrogens with zero attached hydrogens (tertiary/aromatic N) is 1. The first-order valence-electron chi connectivity index (χ1n) is 7.48. The molecule has 0 saturated carbocycles. The van der Waals surface area contributed by atoms with Crippen LogP contribution in [0.3, 0.4) is 0 Å². The average Bonchev–Trinajstić information content (AvgIpc) is 2.95. The molecule has 0 bridgehead atoms. The number of pyridine rings is 1. The Kier molecular flexibility index (Phi) is 4.47. The van der Waals surface area contributed by atoms with Crippen LogP contribution in [0.25, 0.3) is 11.1 Å². The third-order valence-electron chi connectivity index (χ3n) is 3.91. The topological polar surface area (TPSA) is 47.0 Å². The van der Waals surface area contributed by atoms with E-state index in [0.717, 1.165) is 18.4 Å². The monoisotopic (exact) mass is 383 g/mol. The van der Waals surface area contributed by atoms with Gasteiger partial charge in [0.2, 0.25) is 0 Å². The minimum Gasteiger partial charge on any atom is -0.255 e. The van der Waals surface area contributed by atoms with Crippen molar-refractivity contribution in [3.05, 3.63) is 71.6 Å². The summed E-state index contributed by atoms with van der Waals surface area (Å²) in [6, 6.07) is 7.20. The second-order valence-corrected chi connectivity index (χ2v) is 7.85. The Morgan fingerprint density at radius 3 is 2.08 bits per heavy atom. The third-order valence-corrected chi connectivity index (χ3v) is 5.00. The lowest BCUT2D eigenvalue weighted by Crippen LogP contribution is -2.04. The summed E-state index contributed by atoms with van der Waals surface area (Å²) in [5.41, 5.74) is 0.767. The fraction of sp³-hybridized carbons (Fsp3) is 0.167. The number of hydrogen-bond acceptors (Lipinski definition) is 3. The van der Waals surface area contributed by atoms with Gasteiger partial charge in [0, 0.05) is 18.0 Å². The van der Waals surface area contributed by atoms with Gasteiger partial charge in [-0.05, 0) is 47.6 Å². The van der Waals surface area contributed by atoms with Gasteiger partial charge in [-0.3, -0.25) is 4.98 Å². The summed E-state index contributed by atoms with van der Waals surface area (Å²) in [6.45, 7) is 0. The molecule has 1 aliphatic rings. The first-order chi connectivity index (χ1) is 12.1. The first-order valence-corrected chi connectivity index (χ1v) is 9.37. The highest BCUT2D eigenvalue weighted by Gasteiger charge is 2.30. The normalized spacial score (nSPS) is 17.8. The SMILES string of the molecule is CS(=O)(=O)c1ccc(C2=CC(F)C=C2c2ccc(C(F)(F)F)cc2)nc1. The second-order valence-electron chi connectivity index (χ2n) is 5.83. The van der Waals surface area contributed by atoms with Crippen LogP contribution >= 0.6 is 0 Å². The zero-order valence-electron chi connectivity index (χ0n) is 13.5. The number of benzene rings is 1. The van der Waals surface area contributed by atoms with Gasteiger partial charge in [0.25, 0.3) is 0 Å². The highest BCUT2D eigenvalue weighted by Crippen LogP contribution is 2.38. The maximum atomic E-state index is 13.9. The van der Waals surface area contributed by atoms with Crippen LogP contribution in [0.1, 0.15) is 16.8 Å². The van der Waals surface area contributed by atoms with Gasteiger partial charge in [-0.25, -0.2) is 12.8 Å². The van der Waals surface area contributed by atoms with Gasteiger partial charge in [-0.2, -0.15) is 13.2 Å². The fourth-order valence-corrected chi connectivity index (χ4v) is 3.18. The lowest BCUT2D eigenvalue weighted by molar-refractivity contribution is -0.137. The van der Waals surface area contributed by atoms with Crippen LogP contribution in [0.15, 0.2) is 59.6 Å². The van der Waals surface area contributed by atoms with Crippen LogP contribution in [0, 0.1) is 0 Å². The quantitative estimate of drug-likeness (QED) is 0.742. The maximum absolute atomic E-state index is 13.9. The van der Waals surface area contributed by atoms with Crippen LogP contribution < -0.4 is 0 Å². The smallest absolute Gasteiger partial charge is 0.255 e. The molecular formula is C18H13F4NO2S. The van der Waals surface area contributed by atoms with Gasteiger partial charge >= 0.3 is 6.18 Å². The first kappa shape index (κ1) is 18.3. The summed E-state index contributed by atoms with van der Waals surface area (Å²) in [7, 11) is -3.42. The van der Waals surface area contributed by atoms with E-state index in [-0.39, 0.29) is 4.90 Å². The molecule has 1 atom stereocenters. The van der Waals surface area contributed by atoms with Crippen molar-refractivity contribution in [3.63, 3.8) is 0 Å².